The van der Waals surface area contributed by atoms with Crippen molar-refractivity contribution in [1.82, 2.24) is 15.1 Å². The van der Waals surface area contributed by atoms with E-state index in [1.54, 1.807) is 36.3 Å². The molecule has 182 valence electrons. The second-order valence-corrected chi connectivity index (χ2v) is 8.20. The van der Waals surface area contributed by atoms with Gasteiger partial charge in [0.1, 0.15) is 5.75 Å². The molecule has 0 atom stereocenters. The quantitative estimate of drug-likeness (QED) is 0.309. The van der Waals surface area contributed by atoms with Crippen LogP contribution in [0.1, 0.15) is 16.8 Å². The number of nitrogens with one attached hydrogen (secondary N) is 1. The van der Waals surface area contributed by atoms with E-state index in [2.05, 4.69) is 5.32 Å². The summed E-state index contributed by atoms with van der Waals surface area (Å²) < 4.78 is 10.6. The lowest BCUT2D eigenvalue weighted by molar-refractivity contribution is -0.385. The molecular weight excluding hydrogens is 464 g/mol. The van der Waals surface area contributed by atoms with Crippen LogP contribution in [-0.2, 0) is 9.53 Å². The summed E-state index contributed by atoms with van der Waals surface area (Å²) in [5, 5.41) is 14.3. The predicted molar refractivity (Wildman–Crippen MR) is 126 cm³/mol. The van der Waals surface area contributed by atoms with E-state index in [0.717, 1.165) is 6.42 Å². The van der Waals surface area contributed by atoms with Crippen LogP contribution in [0.5, 0.6) is 11.5 Å². The number of benzene rings is 2. The molecule has 0 saturated carbocycles. The number of ether oxygens (including phenoxy) is 2. The zero-order chi connectivity index (χ0) is 24.5. The number of nitrogens with zero attached hydrogens (tertiary/aromatic N) is 3. The minimum absolute atomic E-state index is 0.0348. The van der Waals surface area contributed by atoms with Crippen molar-refractivity contribution in [2.75, 3.05) is 53.0 Å². The van der Waals surface area contributed by atoms with Crippen LogP contribution in [0.3, 0.4) is 0 Å². The SMILES string of the molecule is COCCCNC(=O)CN1CCN(C(=O)c2ccc(Oc3ccc(Cl)cc3[N+](=O)[O-])cc2)CC1. The largest absolute Gasteiger partial charge is 0.450 e. The molecule has 0 unspecified atom stereocenters. The molecule has 2 aromatic carbocycles. The maximum atomic E-state index is 12.9. The third-order valence-electron chi connectivity index (χ3n) is 5.32. The topological polar surface area (TPSA) is 114 Å². The van der Waals surface area contributed by atoms with E-state index in [9.17, 15) is 19.7 Å². The molecule has 1 heterocycles. The van der Waals surface area contributed by atoms with Gasteiger partial charge in [-0.3, -0.25) is 24.6 Å². The van der Waals surface area contributed by atoms with E-state index in [-0.39, 0.29) is 28.3 Å². The van der Waals surface area contributed by atoms with Gasteiger partial charge in [0.25, 0.3) is 5.91 Å². The molecule has 2 amide bonds. The molecule has 2 aromatic rings. The zero-order valence-electron chi connectivity index (χ0n) is 18.9. The summed E-state index contributed by atoms with van der Waals surface area (Å²) in [5.74, 6) is 0.274. The maximum Gasteiger partial charge on any atom is 0.313 e. The number of halogens is 1. The van der Waals surface area contributed by atoms with E-state index in [4.69, 9.17) is 21.1 Å². The Kier molecular flexibility index (Phi) is 9.20. The highest BCUT2D eigenvalue weighted by Crippen LogP contribution is 2.33. The highest BCUT2D eigenvalue weighted by Gasteiger charge is 2.23. The van der Waals surface area contributed by atoms with Crippen molar-refractivity contribution < 1.29 is 24.0 Å². The van der Waals surface area contributed by atoms with Gasteiger partial charge in [0.2, 0.25) is 11.7 Å². The fourth-order valence-corrected chi connectivity index (χ4v) is 3.67. The first-order chi connectivity index (χ1) is 16.4. The fraction of sp³-hybridized carbons (Fsp3) is 0.391. The zero-order valence-corrected chi connectivity index (χ0v) is 19.6. The van der Waals surface area contributed by atoms with Crippen LogP contribution in [-0.4, -0.2) is 79.5 Å². The van der Waals surface area contributed by atoms with Crippen LogP contribution >= 0.6 is 11.6 Å². The Labute approximate surface area is 202 Å². The third kappa shape index (κ3) is 7.14. The molecular formula is C23H27ClN4O6. The van der Waals surface area contributed by atoms with Gasteiger partial charge in [0.15, 0.2) is 0 Å². The summed E-state index contributed by atoms with van der Waals surface area (Å²) in [6.07, 6.45) is 0.769. The molecule has 1 saturated heterocycles. The van der Waals surface area contributed by atoms with Crippen LogP contribution in [0.25, 0.3) is 0 Å². The van der Waals surface area contributed by atoms with Crippen LogP contribution in [0.4, 0.5) is 5.69 Å². The maximum absolute atomic E-state index is 12.9. The van der Waals surface area contributed by atoms with Gasteiger partial charge in [-0.05, 0) is 42.8 Å². The van der Waals surface area contributed by atoms with Crippen molar-refractivity contribution in [3.63, 3.8) is 0 Å². The fourth-order valence-electron chi connectivity index (χ4n) is 3.51. The Bertz CT molecular complexity index is 1010. The molecule has 34 heavy (non-hydrogen) atoms. The van der Waals surface area contributed by atoms with Crippen LogP contribution in [0, 0.1) is 10.1 Å². The Morgan fingerprint density at radius 3 is 2.47 bits per heavy atom. The van der Waals surface area contributed by atoms with E-state index < -0.39 is 4.92 Å². The van der Waals surface area contributed by atoms with Gasteiger partial charge in [0.05, 0.1) is 11.5 Å². The molecule has 0 aromatic heterocycles. The summed E-state index contributed by atoms with van der Waals surface area (Å²) in [7, 11) is 1.63. The number of nitro benzene ring substituents is 1. The molecule has 10 nitrogen and oxygen atoms in total. The third-order valence-corrected chi connectivity index (χ3v) is 5.56. The number of amides is 2. The smallest absolute Gasteiger partial charge is 0.313 e. The first-order valence-electron chi connectivity index (χ1n) is 10.9. The number of nitro groups is 1. The Balaban J connectivity index is 1.50. The molecule has 1 aliphatic rings. The van der Waals surface area contributed by atoms with Crippen LogP contribution in [0.15, 0.2) is 42.5 Å². The molecule has 11 heteroatoms. The van der Waals surface area contributed by atoms with Crippen molar-refractivity contribution in [3.05, 3.63) is 63.2 Å². The van der Waals surface area contributed by atoms with Crippen molar-refractivity contribution in [3.8, 4) is 11.5 Å². The second-order valence-electron chi connectivity index (χ2n) is 7.76. The number of methoxy groups -OCH3 is 1. The average Bonchev–Trinajstić information content (AvgIpc) is 2.83. The molecule has 1 aliphatic heterocycles. The van der Waals surface area contributed by atoms with Gasteiger partial charge in [-0.15, -0.1) is 0 Å². The molecule has 0 aliphatic carbocycles. The number of hydrogen-bond acceptors (Lipinski definition) is 7. The van der Waals surface area contributed by atoms with Crippen LogP contribution < -0.4 is 10.1 Å². The van der Waals surface area contributed by atoms with E-state index >= 15 is 0 Å². The number of carbonyl (C=O) groups excluding carboxylic acids is 2. The molecule has 3 rings (SSSR count). The van der Waals surface area contributed by atoms with Gasteiger partial charge in [-0.1, -0.05) is 11.6 Å². The van der Waals surface area contributed by atoms with E-state index in [1.807, 2.05) is 4.90 Å². The summed E-state index contributed by atoms with van der Waals surface area (Å²) in [6.45, 7) is 3.75. The normalized spacial score (nSPS) is 14.0. The number of piperazine rings is 1. The Hall–Kier alpha value is -3.21. The number of hydrogen-bond donors (Lipinski definition) is 1. The van der Waals surface area contributed by atoms with Gasteiger partial charge in [0, 0.05) is 63.1 Å². The molecule has 1 fully saturated rings. The predicted octanol–water partition coefficient (Wildman–Crippen LogP) is 2.95. The van der Waals surface area contributed by atoms with E-state index in [0.29, 0.717) is 57.2 Å². The Morgan fingerprint density at radius 1 is 1.12 bits per heavy atom. The van der Waals surface area contributed by atoms with Gasteiger partial charge < -0.3 is 19.7 Å². The minimum atomic E-state index is -0.566. The first-order valence-corrected chi connectivity index (χ1v) is 11.2. The van der Waals surface area contributed by atoms with Gasteiger partial charge >= 0.3 is 5.69 Å². The Morgan fingerprint density at radius 2 is 1.82 bits per heavy atom. The van der Waals surface area contributed by atoms with Crippen molar-refractivity contribution in [2.45, 2.75) is 6.42 Å². The lowest BCUT2D eigenvalue weighted by Crippen LogP contribution is -2.51. The number of carbonyl (C=O) groups is 2. The van der Waals surface area contributed by atoms with Crippen molar-refractivity contribution in [1.29, 1.82) is 0 Å². The standard InChI is InChI=1S/C23H27ClN4O6/c1-33-14-2-9-25-22(29)16-26-10-12-27(13-11-26)23(30)17-3-6-19(7-4-17)34-21-8-5-18(24)15-20(21)28(31)32/h3-8,15H,2,9-14,16H2,1H3,(H,25,29). The van der Waals surface area contributed by atoms with Crippen molar-refractivity contribution in [2.24, 2.45) is 0 Å². The van der Waals surface area contributed by atoms with Crippen molar-refractivity contribution >= 4 is 29.1 Å². The minimum Gasteiger partial charge on any atom is -0.450 e. The second kappa shape index (κ2) is 12.3. The lowest BCUT2D eigenvalue weighted by atomic mass is 10.1. The van der Waals surface area contributed by atoms with E-state index in [1.165, 1.54) is 18.2 Å². The lowest BCUT2D eigenvalue weighted by Gasteiger charge is -2.34. The summed E-state index contributed by atoms with van der Waals surface area (Å²) in [5.41, 5.74) is 0.247. The molecule has 0 bridgehead atoms. The monoisotopic (exact) mass is 490 g/mol. The highest BCUT2D eigenvalue weighted by atomic mass is 35.5. The first kappa shape index (κ1) is 25.4. The molecule has 1 N–H and O–H groups in total. The summed E-state index contributed by atoms with van der Waals surface area (Å²) in [6, 6.07) is 10.6. The number of rotatable bonds is 10. The van der Waals surface area contributed by atoms with Crippen LogP contribution in [0.2, 0.25) is 5.02 Å². The highest BCUT2D eigenvalue weighted by molar-refractivity contribution is 6.30. The molecule has 0 radical (unpaired) electrons. The van der Waals surface area contributed by atoms with Gasteiger partial charge in [-0.2, -0.15) is 0 Å². The average molecular weight is 491 g/mol. The van der Waals surface area contributed by atoms with Gasteiger partial charge in [-0.25, -0.2) is 0 Å². The molecule has 0 spiro atoms. The summed E-state index contributed by atoms with van der Waals surface area (Å²) >= 11 is 5.83. The summed E-state index contributed by atoms with van der Waals surface area (Å²) in [4.78, 5) is 39.3.